The summed E-state index contributed by atoms with van der Waals surface area (Å²) < 4.78 is 0. The molecule has 2 atom stereocenters. The summed E-state index contributed by atoms with van der Waals surface area (Å²) in [5, 5.41) is 14.6. The Kier molecular flexibility index (Phi) is 3.33. The highest BCUT2D eigenvalue weighted by atomic mass is 32.2. The maximum Gasteiger partial charge on any atom is 0.271 e. The minimum atomic E-state index is -0.364. The molecular formula is C11H14N2O2S. The molecule has 2 unspecified atom stereocenters. The molecule has 1 fully saturated rings. The number of thioether (sulfide) groups is 1. The average Bonchev–Trinajstić information content (AvgIpc) is 2.64. The largest absolute Gasteiger partial charge is 0.381 e. The highest BCUT2D eigenvalue weighted by molar-refractivity contribution is 8.00. The Bertz CT molecular complexity index is 397. The molecule has 86 valence electrons. The van der Waals surface area contributed by atoms with Crippen LogP contribution in [-0.4, -0.2) is 22.0 Å². The van der Waals surface area contributed by atoms with E-state index in [0.717, 1.165) is 17.9 Å². The molecule has 5 heteroatoms. The van der Waals surface area contributed by atoms with E-state index >= 15 is 0 Å². The summed E-state index contributed by atoms with van der Waals surface area (Å²) in [5.74, 6) is 1.07. The first-order valence-corrected chi connectivity index (χ1v) is 6.32. The first-order valence-electron chi connectivity index (χ1n) is 5.28. The minimum absolute atomic E-state index is 0.142. The van der Waals surface area contributed by atoms with Crippen LogP contribution in [0, 0.1) is 10.1 Å². The molecule has 0 bridgehead atoms. The van der Waals surface area contributed by atoms with Crippen molar-refractivity contribution in [1.29, 1.82) is 0 Å². The van der Waals surface area contributed by atoms with E-state index < -0.39 is 0 Å². The molecule has 1 saturated heterocycles. The van der Waals surface area contributed by atoms with E-state index in [1.165, 1.54) is 6.07 Å². The number of nitrogens with one attached hydrogen (secondary N) is 1. The Hall–Kier alpha value is -1.23. The van der Waals surface area contributed by atoms with Crippen LogP contribution < -0.4 is 5.32 Å². The van der Waals surface area contributed by atoms with Gasteiger partial charge in [-0.3, -0.25) is 10.1 Å². The summed E-state index contributed by atoms with van der Waals surface area (Å²) in [6, 6.07) is 7.12. The molecule has 0 amide bonds. The van der Waals surface area contributed by atoms with Gasteiger partial charge in [0.1, 0.15) is 0 Å². The predicted octanol–water partition coefficient (Wildman–Crippen LogP) is 2.90. The number of nitrogens with zero attached hydrogens (tertiary/aromatic N) is 1. The van der Waals surface area contributed by atoms with E-state index in [1.807, 2.05) is 17.8 Å². The highest BCUT2D eigenvalue weighted by Gasteiger charge is 2.21. The predicted molar refractivity (Wildman–Crippen MR) is 67.0 cm³/mol. The Labute approximate surface area is 98.6 Å². The van der Waals surface area contributed by atoms with Crippen molar-refractivity contribution in [3.63, 3.8) is 0 Å². The molecule has 1 N–H and O–H groups in total. The van der Waals surface area contributed by atoms with Gasteiger partial charge in [-0.15, -0.1) is 0 Å². The summed E-state index contributed by atoms with van der Waals surface area (Å²) >= 11 is 1.94. The highest BCUT2D eigenvalue weighted by Crippen LogP contribution is 2.29. The topological polar surface area (TPSA) is 55.2 Å². The van der Waals surface area contributed by atoms with Crippen molar-refractivity contribution in [1.82, 2.24) is 0 Å². The zero-order valence-corrected chi connectivity index (χ0v) is 9.87. The van der Waals surface area contributed by atoms with Crippen molar-refractivity contribution in [2.75, 3.05) is 11.1 Å². The van der Waals surface area contributed by atoms with Crippen LogP contribution in [0.2, 0.25) is 0 Å². The molecule has 1 aromatic rings. The van der Waals surface area contributed by atoms with E-state index in [9.17, 15) is 10.1 Å². The van der Waals surface area contributed by atoms with Crippen molar-refractivity contribution in [2.45, 2.75) is 24.6 Å². The zero-order valence-electron chi connectivity index (χ0n) is 9.05. The smallest absolute Gasteiger partial charge is 0.271 e. The van der Waals surface area contributed by atoms with Gasteiger partial charge in [0.2, 0.25) is 0 Å². The first kappa shape index (κ1) is 11.3. The molecule has 2 rings (SSSR count). The molecule has 0 spiro atoms. The van der Waals surface area contributed by atoms with Crippen molar-refractivity contribution >= 4 is 23.1 Å². The fourth-order valence-electron chi connectivity index (χ4n) is 1.86. The maximum atomic E-state index is 10.6. The van der Waals surface area contributed by atoms with Crippen LogP contribution in [0.1, 0.15) is 13.3 Å². The van der Waals surface area contributed by atoms with E-state index in [2.05, 4.69) is 12.2 Å². The van der Waals surface area contributed by atoms with Crippen LogP contribution in [0.25, 0.3) is 0 Å². The number of non-ortho nitro benzene ring substituents is 1. The molecule has 16 heavy (non-hydrogen) atoms. The van der Waals surface area contributed by atoms with Gasteiger partial charge in [0.05, 0.1) is 4.92 Å². The van der Waals surface area contributed by atoms with Crippen molar-refractivity contribution in [3.8, 4) is 0 Å². The molecule has 0 saturated carbocycles. The summed E-state index contributed by atoms with van der Waals surface area (Å²) in [7, 11) is 0. The van der Waals surface area contributed by atoms with Gasteiger partial charge >= 0.3 is 0 Å². The standard InChI is InChI=1S/C11H14N2O2S/c1-8-5-10(7-16-8)12-9-3-2-4-11(6-9)13(14)15/h2-4,6,8,10,12H,5,7H2,1H3. The third-order valence-corrected chi connectivity index (χ3v) is 3.98. The van der Waals surface area contributed by atoms with Crippen molar-refractivity contribution < 1.29 is 4.92 Å². The van der Waals surface area contributed by atoms with E-state index in [0.29, 0.717) is 11.3 Å². The van der Waals surface area contributed by atoms with Gasteiger partial charge in [0.15, 0.2) is 0 Å². The molecule has 0 radical (unpaired) electrons. The molecule has 1 aromatic carbocycles. The van der Waals surface area contributed by atoms with Crippen molar-refractivity contribution in [3.05, 3.63) is 34.4 Å². The number of nitro benzene ring substituents is 1. The lowest BCUT2D eigenvalue weighted by molar-refractivity contribution is -0.384. The quantitative estimate of drug-likeness (QED) is 0.650. The van der Waals surface area contributed by atoms with Crippen LogP contribution in [0.3, 0.4) is 0 Å². The SMILES string of the molecule is CC1CC(Nc2cccc([N+](=O)[O-])c2)CS1. The number of benzene rings is 1. The van der Waals surface area contributed by atoms with Crippen LogP contribution in [-0.2, 0) is 0 Å². The molecular weight excluding hydrogens is 224 g/mol. The second kappa shape index (κ2) is 4.74. The lowest BCUT2D eigenvalue weighted by Gasteiger charge is -2.12. The third-order valence-electron chi connectivity index (χ3n) is 2.63. The second-order valence-electron chi connectivity index (χ2n) is 4.03. The monoisotopic (exact) mass is 238 g/mol. The number of nitro groups is 1. The summed E-state index contributed by atoms with van der Waals surface area (Å²) in [6.45, 7) is 2.21. The number of hydrogen-bond donors (Lipinski definition) is 1. The zero-order chi connectivity index (χ0) is 11.5. The Morgan fingerprint density at radius 3 is 3.00 bits per heavy atom. The van der Waals surface area contributed by atoms with Crippen molar-refractivity contribution in [2.24, 2.45) is 0 Å². The lowest BCUT2D eigenvalue weighted by atomic mass is 10.2. The minimum Gasteiger partial charge on any atom is -0.381 e. The van der Waals surface area contributed by atoms with Crippen LogP contribution >= 0.6 is 11.8 Å². The Morgan fingerprint density at radius 1 is 1.56 bits per heavy atom. The fraction of sp³-hybridized carbons (Fsp3) is 0.455. The summed E-state index contributed by atoms with van der Waals surface area (Å²) in [4.78, 5) is 10.3. The molecule has 4 nitrogen and oxygen atoms in total. The molecule has 1 aliphatic heterocycles. The van der Waals surface area contributed by atoms with Gasteiger partial charge in [-0.1, -0.05) is 13.0 Å². The van der Waals surface area contributed by atoms with Gasteiger partial charge < -0.3 is 5.32 Å². The average molecular weight is 238 g/mol. The van der Waals surface area contributed by atoms with E-state index in [1.54, 1.807) is 12.1 Å². The molecule has 0 aliphatic carbocycles. The number of hydrogen-bond acceptors (Lipinski definition) is 4. The number of rotatable bonds is 3. The van der Waals surface area contributed by atoms with Gasteiger partial charge in [0.25, 0.3) is 5.69 Å². The molecule has 0 aromatic heterocycles. The summed E-state index contributed by atoms with van der Waals surface area (Å²) in [5.41, 5.74) is 0.984. The first-order chi connectivity index (χ1) is 7.65. The third kappa shape index (κ3) is 2.66. The van der Waals surface area contributed by atoms with E-state index in [-0.39, 0.29) is 10.6 Å². The molecule has 1 aliphatic rings. The Balaban J connectivity index is 2.04. The van der Waals surface area contributed by atoms with Crippen LogP contribution in [0.15, 0.2) is 24.3 Å². The second-order valence-corrected chi connectivity index (χ2v) is 5.50. The van der Waals surface area contributed by atoms with Gasteiger partial charge in [-0.05, 0) is 12.5 Å². The maximum absolute atomic E-state index is 10.6. The van der Waals surface area contributed by atoms with Gasteiger partial charge in [-0.2, -0.15) is 11.8 Å². The van der Waals surface area contributed by atoms with Crippen LogP contribution in [0.4, 0.5) is 11.4 Å². The van der Waals surface area contributed by atoms with E-state index in [4.69, 9.17) is 0 Å². The van der Waals surface area contributed by atoms with Crippen LogP contribution in [0.5, 0.6) is 0 Å². The molecule has 1 heterocycles. The number of anilines is 1. The van der Waals surface area contributed by atoms with Gasteiger partial charge in [0, 0.05) is 34.9 Å². The summed E-state index contributed by atoms with van der Waals surface area (Å²) in [6.07, 6.45) is 1.12. The normalized spacial score (nSPS) is 24.3. The Morgan fingerprint density at radius 2 is 2.38 bits per heavy atom. The van der Waals surface area contributed by atoms with Gasteiger partial charge in [-0.25, -0.2) is 0 Å². The lowest BCUT2D eigenvalue weighted by Crippen LogP contribution is -2.18. The fourth-order valence-corrected chi connectivity index (χ4v) is 3.01.